The minimum absolute atomic E-state index is 0.0350. The average molecular weight is 425 g/mol. The summed E-state index contributed by atoms with van der Waals surface area (Å²) in [6.07, 6.45) is 7.65. The van der Waals surface area contributed by atoms with Crippen molar-refractivity contribution < 1.29 is 9.47 Å². The molecule has 0 atom stereocenters. The maximum atomic E-state index is 6.19. The second-order valence-corrected chi connectivity index (χ2v) is 8.36. The van der Waals surface area contributed by atoms with Gasteiger partial charge in [0.2, 0.25) is 11.8 Å². The number of anilines is 1. The van der Waals surface area contributed by atoms with Crippen molar-refractivity contribution in [3.8, 4) is 23.0 Å². The normalized spacial score (nSPS) is 16.1. The Kier molecular flexibility index (Phi) is 4.79. The first kappa shape index (κ1) is 19.0. The fraction of sp³-hybridized carbons (Fsp3) is 0.280. The predicted molar refractivity (Wildman–Crippen MR) is 122 cm³/mol. The van der Waals surface area contributed by atoms with Crippen LogP contribution in [0.1, 0.15) is 12.8 Å². The molecular weight excluding hydrogens is 402 g/mol. The van der Waals surface area contributed by atoms with Gasteiger partial charge in [0.1, 0.15) is 17.6 Å². The Balaban J connectivity index is 1.12. The van der Waals surface area contributed by atoms with E-state index in [4.69, 9.17) is 14.5 Å². The summed E-state index contributed by atoms with van der Waals surface area (Å²) in [5, 5.41) is 1.14. The van der Waals surface area contributed by atoms with Gasteiger partial charge in [-0.15, -0.1) is 0 Å². The topological polar surface area (TPSA) is 73.3 Å². The number of hydrogen-bond acceptors (Lipinski definition) is 7. The second-order valence-electron chi connectivity index (χ2n) is 8.36. The molecular formula is C25H23N5O2. The first-order valence-electron chi connectivity index (χ1n) is 11.0. The molecule has 7 heteroatoms. The molecule has 1 aliphatic carbocycles. The van der Waals surface area contributed by atoms with Gasteiger partial charge in [-0.1, -0.05) is 18.2 Å². The molecule has 1 aromatic carbocycles. The summed E-state index contributed by atoms with van der Waals surface area (Å²) in [5.74, 6) is 2.83. The van der Waals surface area contributed by atoms with Gasteiger partial charge in [-0.2, -0.15) is 0 Å². The molecule has 4 aromatic rings. The maximum absolute atomic E-state index is 6.19. The molecule has 1 aliphatic heterocycles. The van der Waals surface area contributed by atoms with Gasteiger partial charge in [-0.05, 0) is 43.0 Å². The molecule has 7 nitrogen and oxygen atoms in total. The number of rotatable bonds is 7. The zero-order chi connectivity index (χ0) is 21.3. The highest BCUT2D eigenvalue weighted by atomic mass is 16.5. The molecule has 0 spiro atoms. The van der Waals surface area contributed by atoms with Crippen molar-refractivity contribution in [3.05, 3.63) is 67.1 Å². The van der Waals surface area contributed by atoms with Gasteiger partial charge >= 0.3 is 0 Å². The number of hydrogen-bond donors (Lipinski definition) is 0. The Morgan fingerprint density at radius 1 is 0.906 bits per heavy atom. The molecule has 1 saturated carbocycles. The van der Waals surface area contributed by atoms with Crippen molar-refractivity contribution in [2.75, 3.05) is 24.6 Å². The van der Waals surface area contributed by atoms with Gasteiger partial charge in [-0.3, -0.25) is 0 Å². The highest BCUT2D eigenvalue weighted by Gasteiger charge is 2.31. The van der Waals surface area contributed by atoms with Gasteiger partial charge in [0, 0.05) is 35.6 Å². The summed E-state index contributed by atoms with van der Waals surface area (Å²) in [4.78, 5) is 20.3. The second kappa shape index (κ2) is 8.07. The smallest absolute Gasteiger partial charge is 0.241 e. The number of para-hydroxylation sites is 1. The Morgan fingerprint density at radius 3 is 2.62 bits per heavy atom. The number of nitrogens with zero attached hydrogens (tertiary/aromatic N) is 5. The molecule has 1 saturated heterocycles. The molecule has 0 unspecified atom stereocenters. The van der Waals surface area contributed by atoms with E-state index in [9.17, 15) is 0 Å². The van der Waals surface area contributed by atoms with Crippen LogP contribution in [0.3, 0.4) is 0 Å². The van der Waals surface area contributed by atoms with E-state index in [1.54, 1.807) is 18.6 Å². The number of benzene rings is 1. The van der Waals surface area contributed by atoms with E-state index in [1.165, 1.54) is 12.8 Å². The summed E-state index contributed by atoms with van der Waals surface area (Å²) in [6, 6.07) is 16.2. The van der Waals surface area contributed by atoms with E-state index in [-0.39, 0.29) is 6.10 Å². The molecule has 0 amide bonds. The summed E-state index contributed by atoms with van der Waals surface area (Å²) in [5.41, 5.74) is 2.55. The number of pyridine rings is 2. The zero-order valence-electron chi connectivity index (χ0n) is 17.6. The maximum Gasteiger partial charge on any atom is 0.241 e. The minimum Gasteiger partial charge on any atom is -0.477 e. The van der Waals surface area contributed by atoms with Crippen LogP contribution in [0.5, 0.6) is 11.8 Å². The molecule has 0 N–H and O–H groups in total. The van der Waals surface area contributed by atoms with Crippen molar-refractivity contribution in [1.82, 2.24) is 19.9 Å². The van der Waals surface area contributed by atoms with Crippen molar-refractivity contribution in [3.63, 3.8) is 0 Å². The van der Waals surface area contributed by atoms with E-state index < -0.39 is 0 Å². The fourth-order valence-corrected chi connectivity index (χ4v) is 3.79. The van der Waals surface area contributed by atoms with E-state index in [2.05, 4.69) is 38.1 Å². The molecule has 6 rings (SSSR count). The SMILES string of the molecule is c1ccc2nc(N3CC(Oc4nccnc4-c4ccc(OCC5CC5)nc4)C3)ccc2c1. The molecule has 2 aliphatic rings. The fourth-order valence-electron chi connectivity index (χ4n) is 3.79. The van der Waals surface area contributed by atoms with Gasteiger partial charge in [0.05, 0.1) is 25.2 Å². The highest BCUT2D eigenvalue weighted by Crippen LogP contribution is 2.31. The molecule has 2 fully saturated rings. The van der Waals surface area contributed by atoms with Crippen LogP contribution in [0.15, 0.2) is 67.1 Å². The lowest BCUT2D eigenvalue weighted by Gasteiger charge is -2.39. The van der Waals surface area contributed by atoms with Crippen LogP contribution in [0.2, 0.25) is 0 Å². The lowest BCUT2D eigenvalue weighted by Crippen LogP contribution is -2.54. The molecule has 3 aromatic heterocycles. The third-order valence-electron chi connectivity index (χ3n) is 5.87. The van der Waals surface area contributed by atoms with Crippen LogP contribution in [-0.2, 0) is 0 Å². The van der Waals surface area contributed by atoms with Crippen molar-refractivity contribution in [2.24, 2.45) is 5.92 Å². The third-order valence-corrected chi connectivity index (χ3v) is 5.87. The zero-order valence-corrected chi connectivity index (χ0v) is 17.6. The summed E-state index contributed by atoms with van der Waals surface area (Å²) in [7, 11) is 0. The van der Waals surface area contributed by atoms with Gasteiger partial charge < -0.3 is 14.4 Å². The number of fused-ring (bicyclic) bond motifs is 1. The number of ether oxygens (including phenoxy) is 2. The standard InChI is InChI=1S/C25H23N5O2/c1-2-4-21-18(3-1)7-9-22(29-21)30-14-20(15-30)32-25-24(26-11-12-27-25)19-8-10-23(28-13-19)31-16-17-5-6-17/h1-4,7-13,17,20H,5-6,14-16H2. The first-order chi connectivity index (χ1) is 15.8. The van der Waals surface area contributed by atoms with Crippen LogP contribution in [0.25, 0.3) is 22.2 Å². The van der Waals surface area contributed by atoms with E-state index in [1.807, 2.05) is 30.3 Å². The van der Waals surface area contributed by atoms with Crippen LogP contribution in [0, 0.1) is 5.92 Å². The Bertz CT molecular complexity index is 1240. The molecule has 0 radical (unpaired) electrons. The van der Waals surface area contributed by atoms with E-state index in [0.717, 1.165) is 42.0 Å². The van der Waals surface area contributed by atoms with Crippen molar-refractivity contribution in [1.29, 1.82) is 0 Å². The van der Waals surface area contributed by atoms with Gasteiger partial charge in [-0.25, -0.2) is 19.9 Å². The lowest BCUT2D eigenvalue weighted by molar-refractivity contribution is 0.160. The predicted octanol–water partition coefficient (Wildman–Crippen LogP) is 4.14. The molecule has 160 valence electrons. The Labute approximate surface area is 186 Å². The molecule has 32 heavy (non-hydrogen) atoms. The third kappa shape index (κ3) is 3.93. The summed E-state index contributed by atoms with van der Waals surface area (Å²) in [6.45, 7) is 2.26. The van der Waals surface area contributed by atoms with Crippen LogP contribution >= 0.6 is 0 Å². The Morgan fingerprint density at radius 2 is 1.78 bits per heavy atom. The van der Waals surface area contributed by atoms with Crippen LogP contribution < -0.4 is 14.4 Å². The van der Waals surface area contributed by atoms with Crippen LogP contribution in [0.4, 0.5) is 5.82 Å². The van der Waals surface area contributed by atoms with Gasteiger partial charge in [0.25, 0.3) is 0 Å². The van der Waals surface area contributed by atoms with E-state index in [0.29, 0.717) is 23.4 Å². The summed E-state index contributed by atoms with van der Waals surface area (Å²) >= 11 is 0. The average Bonchev–Trinajstić information content (AvgIpc) is 3.65. The van der Waals surface area contributed by atoms with E-state index >= 15 is 0 Å². The lowest BCUT2D eigenvalue weighted by atomic mass is 10.1. The first-order valence-corrected chi connectivity index (χ1v) is 11.0. The van der Waals surface area contributed by atoms with Gasteiger partial charge in [0.15, 0.2) is 0 Å². The number of aromatic nitrogens is 4. The van der Waals surface area contributed by atoms with Crippen molar-refractivity contribution in [2.45, 2.75) is 18.9 Å². The molecule has 4 heterocycles. The monoisotopic (exact) mass is 425 g/mol. The highest BCUT2D eigenvalue weighted by molar-refractivity contribution is 5.80. The summed E-state index contributed by atoms with van der Waals surface area (Å²) < 4.78 is 11.9. The largest absolute Gasteiger partial charge is 0.477 e. The Hall–Kier alpha value is -3.74. The minimum atomic E-state index is 0.0350. The molecule has 0 bridgehead atoms. The van der Waals surface area contributed by atoms with Crippen LogP contribution in [-0.4, -0.2) is 45.7 Å². The van der Waals surface area contributed by atoms with Crippen molar-refractivity contribution >= 4 is 16.7 Å². The quantitative estimate of drug-likeness (QED) is 0.440.